The van der Waals surface area contributed by atoms with Crippen LogP contribution in [0.1, 0.15) is 9.67 Å². The Hall–Kier alpha value is -1.86. The molecule has 7 heteroatoms. The van der Waals surface area contributed by atoms with Crippen LogP contribution in [-0.4, -0.2) is 14.3 Å². The number of sulfonamides is 1. The summed E-state index contributed by atoms with van der Waals surface area (Å²) >= 11 is 1.00. The van der Waals surface area contributed by atoms with Gasteiger partial charge in [-0.15, -0.1) is 11.3 Å². The van der Waals surface area contributed by atoms with Crippen molar-refractivity contribution in [3.8, 4) is 0 Å². The molecule has 2 aromatic rings. The molecule has 0 aliphatic carbocycles. The third kappa shape index (κ3) is 2.52. The molecule has 0 spiro atoms. The number of hydrogen-bond acceptors (Lipinski definition) is 4. The number of carbonyl (C=O) groups excluding carboxylic acids is 1. The fraction of sp³-hybridized carbons (Fsp3) is 0. The molecule has 3 N–H and O–H groups in total. The Bertz CT molecular complexity index is 663. The van der Waals surface area contributed by atoms with Crippen LogP contribution in [0.2, 0.25) is 0 Å². The highest BCUT2D eigenvalue weighted by Gasteiger charge is 2.22. The molecule has 2 rings (SSSR count). The summed E-state index contributed by atoms with van der Waals surface area (Å²) in [4.78, 5) is 11.1. The third-order valence-corrected chi connectivity index (χ3v) is 4.65. The predicted molar refractivity (Wildman–Crippen MR) is 70.1 cm³/mol. The lowest BCUT2D eigenvalue weighted by Gasteiger charge is -2.07. The number of amides is 1. The zero-order chi connectivity index (χ0) is 13.2. The number of para-hydroxylation sites is 1. The van der Waals surface area contributed by atoms with Gasteiger partial charge in [-0.3, -0.25) is 9.52 Å². The highest BCUT2D eigenvalue weighted by atomic mass is 32.2. The fourth-order valence-electron chi connectivity index (χ4n) is 1.41. The molecule has 0 unspecified atom stereocenters. The van der Waals surface area contributed by atoms with Crippen LogP contribution in [0.5, 0.6) is 0 Å². The number of hydrogen-bond donors (Lipinski definition) is 2. The number of thiophene rings is 1. The number of nitrogens with one attached hydrogen (secondary N) is 1. The second kappa shape index (κ2) is 4.79. The molecule has 0 bridgehead atoms. The van der Waals surface area contributed by atoms with E-state index in [1.165, 1.54) is 11.4 Å². The second-order valence-corrected chi connectivity index (χ2v) is 6.02. The Morgan fingerprint density at radius 3 is 2.44 bits per heavy atom. The molecular formula is C11H10N2O3S2. The van der Waals surface area contributed by atoms with E-state index in [0.717, 1.165) is 11.3 Å². The Balaban J connectivity index is 2.37. The molecule has 1 aromatic carbocycles. The third-order valence-electron chi connectivity index (χ3n) is 2.17. The van der Waals surface area contributed by atoms with E-state index in [4.69, 9.17) is 5.73 Å². The van der Waals surface area contributed by atoms with Crippen LogP contribution in [0.4, 0.5) is 5.69 Å². The van der Waals surface area contributed by atoms with E-state index >= 15 is 0 Å². The van der Waals surface area contributed by atoms with Crippen LogP contribution in [-0.2, 0) is 10.0 Å². The molecule has 1 amide bonds. The lowest BCUT2D eigenvalue weighted by Crippen LogP contribution is -2.18. The zero-order valence-electron chi connectivity index (χ0n) is 9.16. The maximum absolute atomic E-state index is 12.1. The van der Waals surface area contributed by atoms with Crippen LogP contribution in [0.25, 0.3) is 0 Å². The maximum atomic E-state index is 12.1. The summed E-state index contributed by atoms with van der Waals surface area (Å²) < 4.78 is 26.5. The minimum atomic E-state index is -3.79. The molecule has 1 aromatic heterocycles. The molecule has 5 nitrogen and oxygen atoms in total. The predicted octanol–water partition coefficient (Wildman–Crippen LogP) is 1.65. The smallest absolute Gasteiger partial charge is 0.263 e. The van der Waals surface area contributed by atoms with Gasteiger partial charge in [-0.25, -0.2) is 8.42 Å². The fourth-order valence-corrected chi connectivity index (χ4v) is 3.75. The minimum absolute atomic E-state index is 0.0263. The standard InChI is InChI=1S/C11H10N2O3S2/c12-11(14)10-9(6-7-17-10)18(15,16)13-8-4-2-1-3-5-8/h1-7,13H,(H2,12,14). The number of carbonyl (C=O) groups is 1. The SMILES string of the molecule is NC(=O)c1sccc1S(=O)(=O)Nc1ccccc1. The topological polar surface area (TPSA) is 89.3 Å². The highest BCUT2D eigenvalue weighted by molar-refractivity contribution is 7.93. The molecule has 0 saturated carbocycles. The van der Waals surface area contributed by atoms with Gasteiger partial charge in [0.15, 0.2) is 0 Å². The molecular weight excluding hydrogens is 272 g/mol. The van der Waals surface area contributed by atoms with Crippen LogP contribution < -0.4 is 10.5 Å². The quantitative estimate of drug-likeness (QED) is 0.893. The van der Waals surface area contributed by atoms with Gasteiger partial charge in [0.2, 0.25) is 0 Å². The van der Waals surface area contributed by atoms with Crippen LogP contribution in [0.15, 0.2) is 46.7 Å². The molecule has 18 heavy (non-hydrogen) atoms. The minimum Gasteiger partial charge on any atom is -0.365 e. The van der Waals surface area contributed by atoms with E-state index in [1.807, 2.05) is 0 Å². The van der Waals surface area contributed by atoms with Crippen molar-refractivity contribution in [2.45, 2.75) is 4.90 Å². The van der Waals surface area contributed by atoms with Crippen molar-refractivity contribution >= 4 is 33.0 Å². The lowest BCUT2D eigenvalue weighted by atomic mass is 10.3. The van der Waals surface area contributed by atoms with Gasteiger partial charge in [0.1, 0.15) is 9.77 Å². The van der Waals surface area contributed by atoms with Crippen molar-refractivity contribution in [3.05, 3.63) is 46.7 Å². The Kier molecular flexibility index (Phi) is 3.35. The highest BCUT2D eigenvalue weighted by Crippen LogP contribution is 2.23. The van der Waals surface area contributed by atoms with Gasteiger partial charge < -0.3 is 5.73 Å². The summed E-state index contributed by atoms with van der Waals surface area (Å²) in [5, 5.41) is 1.51. The largest absolute Gasteiger partial charge is 0.365 e. The monoisotopic (exact) mass is 282 g/mol. The van der Waals surface area contributed by atoms with Gasteiger partial charge in [0.25, 0.3) is 15.9 Å². The first-order valence-corrected chi connectivity index (χ1v) is 7.32. The van der Waals surface area contributed by atoms with E-state index in [0.29, 0.717) is 5.69 Å². The Morgan fingerprint density at radius 2 is 1.83 bits per heavy atom. The number of rotatable bonds is 4. The lowest BCUT2D eigenvalue weighted by molar-refractivity contribution is 0.100. The van der Waals surface area contributed by atoms with Crippen molar-refractivity contribution in [2.75, 3.05) is 4.72 Å². The number of nitrogens with two attached hydrogens (primary N) is 1. The first-order chi connectivity index (χ1) is 8.50. The van der Waals surface area contributed by atoms with Gasteiger partial charge in [-0.1, -0.05) is 18.2 Å². The first-order valence-electron chi connectivity index (χ1n) is 4.96. The molecule has 0 fully saturated rings. The average molecular weight is 282 g/mol. The van der Waals surface area contributed by atoms with E-state index in [2.05, 4.69) is 4.72 Å². The number of benzene rings is 1. The van der Waals surface area contributed by atoms with E-state index < -0.39 is 15.9 Å². The van der Waals surface area contributed by atoms with Crippen LogP contribution >= 0.6 is 11.3 Å². The van der Waals surface area contributed by atoms with Crippen molar-refractivity contribution in [3.63, 3.8) is 0 Å². The molecule has 1 heterocycles. The van der Waals surface area contributed by atoms with Crippen molar-refractivity contribution < 1.29 is 13.2 Å². The van der Waals surface area contributed by atoms with Gasteiger partial charge >= 0.3 is 0 Å². The number of anilines is 1. The van der Waals surface area contributed by atoms with Crippen molar-refractivity contribution in [1.29, 1.82) is 0 Å². The van der Waals surface area contributed by atoms with Gasteiger partial charge in [0, 0.05) is 5.69 Å². The number of primary amides is 1. The van der Waals surface area contributed by atoms with Gasteiger partial charge in [-0.05, 0) is 23.6 Å². The summed E-state index contributed by atoms with van der Waals surface area (Å²) in [6.45, 7) is 0. The summed E-state index contributed by atoms with van der Waals surface area (Å²) in [7, 11) is -3.79. The molecule has 0 atom stereocenters. The second-order valence-electron chi connectivity index (χ2n) is 3.45. The average Bonchev–Trinajstić information content (AvgIpc) is 2.79. The van der Waals surface area contributed by atoms with Crippen LogP contribution in [0.3, 0.4) is 0 Å². The van der Waals surface area contributed by atoms with E-state index in [-0.39, 0.29) is 9.77 Å². The van der Waals surface area contributed by atoms with Gasteiger partial charge in [0.05, 0.1) is 0 Å². The Labute approximate surface area is 108 Å². The molecule has 0 aliphatic rings. The molecule has 94 valence electrons. The van der Waals surface area contributed by atoms with Gasteiger partial charge in [-0.2, -0.15) is 0 Å². The molecule has 0 saturated heterocycles. The van der Waals surface area contributed by atoms with E-state index in [1.54, 1.807) is 30.3 Å². The summed E-state index contributed by atoms with van der Waals surface area (Å²) in [6, 6.07) is 9.79. The normalized spacial score (nSPS) is 11.1. The maximum Gasteiger partial charge on any atom is 0.263 e. The summed E-state index contributed by atoms with van der Waals surface area (Å²) in [5.41, 5.74) is 5.56. The first kappa shape index (κ1) is 12.6. The van der Waals surface area contributed by atoms with E-state index in [9.17, 15) is 13.2 Å². The van der Waals surface area contributed by atoms with Crippen LogP contribution in [0, 0.1) is 0 Å². The van der Waals surface area contributed by atoms with Crippen molar-refractivity contribution in [1.82, 2.24) is 0 Å². The van der Waals surface area contributed by atoms with Crippen molar-refractivity contribution in [2.24, 2.45) is 5.73 Å². The Morgan fingerprint density at radius 1 is 1.17 bits per heavy atom. The summed E-state index contributed by atoms with van der Waals surface area (Å²) in [6.07, 6.45) is 0. The zero-order valence-corrected chi connectivity index (χ0v) is 10.8. The molecule has 0 aliphatic heterocycles. The molecule has 0 radical (unpaired) electrons. The summed E-state index contributed by atoms with van der Waals surface area (Å²) in [5.74, 6) is -0.751.